The van der Waals surface area contributed by atoms with Gasteiger partial charge in [-0.2, -0.15) is 0 Å². The third-order valence-corrected chi connectivity index (χ3v) is 3.46. The SMILES string of the molecule is Cc1cc(F)ccc1CC(=O)c1ccc(Br)cc1N. The normalized spacial score (nSPS) is 10.5. The Morgan fingerprint density at radius 3 is 2.63 bits per heavy atom. The van der Waals surface area contributed by atoms with Crippen molar-refractivity contribution in [3.8, 4) is 0 Å². The van der Waals surface area contributed by atoms with Crippen LogP contribution in [-0.4, -0.2) is 5.78 Å². The van der Waals surface area contributed by atoms with Gasteiger partial charge >= 0.3 is 0 Å². The van der Waals surface area contributed by atoms with Crippen molar-refractivity contribution in [3.05, 3.63) is 63.4 Å². The van der Waals surface area contributed by atoms with Crippen LogP contribution in [0, 0.1) is 12.7 Å². The molecule has 19 heavy (non-hydrogen) atoms. The van der Waals surface area contributed by atoms with Crippen LogP contribution in [-0.2, 0) is 6.42 Å². The number of carbonyl (C=O) groups is 1. The molecular formula is C15H13BrFNO. The molecule has 4 heteroatoms. The van der Waals surface area contributed by atoms with Crippen LogP contribution in [0.4, 0.5) is 10.1 Å². The highest BCUT2D eigenvalue weighted by Gasteiger charge is 2.12. The number of aryl methyl sites for hydroxylation is 1. The van der Waals surface area contributed by atoms with Gasteiger partial charge in [0.2, 0.25) is 0 Å². The quantitative estimate of drug-likeness (QED) is 0.688. The molecule has 0 saturated carbocycles. The van der Waals surface area contributed by atoms with Crippen molar-refractivity contribution in [3.63, 3.8) is 0 Å². The Hall–Kier alpha value is -1.68. The molecule has 0 spiro atoms. The average Bonchev–Trinajstić information content (AvgIpc) is 2.32. The number of hydrogen-bond donors (Lipinski definition) is 1. The Morgan fingerprint density at radius 2 is 2.00 bits per heavy atom. The molecule has 0 radical (unpaired) electrons. The van der Waals surface area contributed by atoms with Gasteiger partial charge in [-0.3, -0.25) is 4.79 Å². The van der Waals surface area contributed by atoms with Gasteiger partial charge in [-0.25, -0.2) is 4.39 Å². The molecule has 0 aromatic heterocycles. The first-order valence-electron chi connectivity index (χ1n) is 5.80. The lowest BCUT2D eigenvalue weighted by Crippen LogP contribution is -2.08. The number of ketones is 1. The second-order valence-electron chi connectivity index (χ2n) is 4.40. The first-order valence-corrected chi connectivity index (χ1v) is 6.60. The van der Waals surface area contributed by atoms with E-state index in [9.17, 15) is 9.18 Å². The molecule has 0 aliphatic rings. The lowest BCUT2D eigenvalue weighted by Gasteiger charge is -2.08. The summed E-state index contributed by atoms with van der Waals surface area (Å²) >= 11 is 3.30. The van der Waals surface area contributed by atoms with Gasteiger partial charge in [0, 0.05) is 22.1 Å². The summed E-state index contributed by atoms with van der Waals surface area (Å²) in [4.78, 5) is 12.2. The summed E-state index contributed by atoms with van der Waals surface area (Å²) in [7, 11) is 0. The van der Waals surface area contributed by atoms with Gasteiger partial charge in [0.25, 0.3) is 0 Å². The van der Waals surface area contributed by atoms with Crippen molar-refractivity contribution >= 4 is 27.4 Å². The van der Waals surface area contributed by atoms with Gasteiger partial charge in [0.05, 0.1) is 0 Å². The molecule has 2 aromatic rings. The van der Waals surface area contributed by atoms with Crippen molar-refractivity contribution in [2.75, 3.05) is 5.73 Å². The van der Waals surface area contributed by atoms with E-state index in [-0.39, 0.29) is 18.0 Å². The van der Waals surface area contributed by atoms with E-state index in [1.807, 2.05) is 0 Å². The summed E-state index contributed by atoms with van der Waals surface area (Å²) in [6, 6.07) is 9.60. The maximum atomic E-state index is 13.0. The first-order chi connectivity index (χ1) is 8.97. The molecular weight excluding hydrogens is 309 g/mol. The fourth-order valence-electron chi connectivity index (χ4n) is 1.91. The molecule has 2 rings (SSSR count). The van der Waals surface area contributed by atoms with Gasteiger partial charge < -0.3 is 5.73 Å². The van der Waals surface area contributed by atoms with Crippen LogP contribution < -0.4 is 5.73 Å². The smallest absolute Gasteiger partial charge is 0.169 e. The van der Waals surface area contributed by atoms with Crippen LogP contribution >= 0.6 is 15.9 Å². The zero-order valence-corrected chi connectivity index (χ0v) is 12.0. The van der Waals surface area contributed by atoms with E-state index in [1.54, 1.807) is 31.2 Å². The Morgan fingerprint density at radius 1 is 1.26 bits per heavy atom. The van der Waals surface area contributed by atoms with Gasteiger partial charge in [-0.1, -0.05) is 22.0 Å². The topological polar surface area (TPSA) is 43.1 Å². The maximum absolute atomic E-state index is 13.0. The van der Waals surface area contributed by atoms with E-state index in [4.69, 9.17) is 5.73 Å². The number of Topliss-reactive ketones (excluding diaryl/α,β-unsaturated/α-hetero) is 1. The Labute approximate surface area is 119 Å². The second-order valence-corrected chi connectivity index (χ2v) is 5.32. The molecule has 0 bridgehead atoms. The van der Waals surface area contributed by atoms with Crippen molar-refractivity contribution in [1.82, 2.24) is 0 Å². The molecule has 0 fully saturated rings. The number of halogens is 2. The number of hydrogen-bond acceptors (Lipinski definition) is 2. The predicted molar refractivity (Wildman–Crippen MR) is 77.7 cm³/mol. The molecule has 2 aromatic carbocycles. The van der Waals surface area contributed by atoms with Gasteiger partial charge in [0.15, 0.2) is 5.78 Å². The van der Waals surface area contributed by atoms with Crippen LogP contribution in [0.25, 0.3) is 0 Å². The lowest BCUT2D eigenvalue weighted by molar-refractivity contribution is 0.0993. The molecule has 2 N–H and O–H groups in total. The van der Waals surface area contributed by atoms with E-state index in [0.717, 1.165) is 15.6 Å². The number of nitrogens with two attached hydrogens (primary N) is 1. The molecule has 2 nitrogen and oxygen atoms in total. The molecule has 0 atom stereocenters. The van der Waals surface area contributed by atoms with E-state index in [1.165, 1.54) is 12.1 Å². The standard InChI is InChI=1S/C15H13BrFNO/c1-9-6-12(17)4-2-10(9)7-15(19)13-5-3-11(16)8-14(13)18/h2-6,8H,7,18H2,1H3. The number of nitrogen functional groups attached to an aromatic ring is 1. The van der Waals surface area contributed by atoms with E-state index >= 15 is 0 Å². The Kier molecular flexibility index (Phi) is 4.00. The minimum atomic E-state index is -0.295. The highest BCUT2D eigenvalue weighted by molar-refractivity contribution is 9.10. The molecule has 0 aliphatic carbocycles. The third kappa shape index (κ3) is 3.20. The highest BCUT2D eigenvalue weighted by atomic mass is 79.9. The van der Waals surface area contributed by atoms with E-state index in [0.29, 0.717) is 11.3 Å². The van der Waals surface area contributed by atoms with Gasteiger partial charge in [-0.05, 0) is 48.4 Å². The number of rotatable bonds is 3. The zero-order chi connectivity index (χ0) is 14.0. The van der Waals surface area contributed by atoms with Crippen LogP contribution in [0.5, 0.6) is 0 Å². The molecule has 0 aliphatic heterocycles. The fraction of sp³-hybridized carbons (Fsp3) is 0.133. The number of carbonyl (C=O) groups excluding carboxylic acids is 1. The fourth-order valence-corrected chi connectivity index (χ4v) is 2.29. The van der Waals surface area contributed by atoms with Crippen molar-refractivity contribution in [2.45, 2.75) is 13.3 Å². The predicted octanol–water partition coefficient (Wildman–Crippen LogP) is 3.90. The molecule has 0 amide bonds. The number of anilines is 1. The summed E-state index contributed by atoms with van der Waals surface area (Å²) in [6.07, 6.45) is 0.220. The zero-order valence-electron chi connectivity index (χ0n) is 10.4. The van der Waals surface area contributed by atoms with Crippen LogP contribution in [0.1, 0.15) is 21.5 Å². The monoisotopic (exact) mass is 321 g/mol. The van der Waals surface area contributed by atoms with Crippen molar-refractivity contribution < 1.29 is 9.18 Å². The minimum absolute atomic E-state index is 0.0697. The van der Waals surface area contributed by atoms with Crippen LogP contribution in [0.15, 0.2) is 40.9 Å². The van der Waals surface area contributed by atoms with Gasteiger partial charge in [0.1, 0.15) is 5.82 Å². The third-order valence-electron chi connectivity index (χ3n) is 2.97. The summed E-state index contributed by atoms with van der Waals surface area (Å²) in [5.41, 5.74) is 8.34. The molecule has 0 unspecified atom stereocenters. The largest absolute Gasteiger partial charge is 0.398 e. The van der Waals surface area contributed by atoms with Crippen molar-refractivity contribution in [2.24, 2.45) is 0 Å². The summed E-state index contributed by atoms with van der Waals surface area (Å²) in [5.74, 6) is -0.364. The van der Waals surface area contributed by atoms with E-state index in [2.05, 4.69) is 15.9 Å². The molecule has 98 valence electrons. The lowest BCUT2D eigenvalue weighted by atomic mass is 9.98. The summed E-state index contributed by atoms with van der Waals surface area (Å²) in [5, 5.41) is 0. The van der Waals surface area contributed by atoms with Gasteiger partial charge in [-0.15, -0.1) is 0 Å². The van der Waals surface area contributed by atoms with E-state index < -0.39 is 0 Å². The molecule has 0 heterocycles. The Balaban J connectivity index is 2.25. The average molecular weight is 322 g/mol. The van der Waals surface area contributed by atoms with Crippen molar-refractivity contribution in [1.29, 1.82) is 0 Å². The van der Waals surface area contributed by atoms with Crippen LogP contribution in [0.2, 0.25) is 0 Å². The Bertz CT molecular complexity index is 640. The second kappa shape index (κ2) is 5.53. The molecule has 0 saturated heterocycles. The highest BCUT2D eigenvalue weighted by Crippen LogP contribution is 2.21. The van der Waals surface area contributed by atoms with Crippen LogP contribution in [0.3, 0.4) is 0 Å². The summed E-state index contributed by atoms with van der Waals surface area (Å²) in [6.45, 7) is 1.79. The minimum Gasteiger partial charge on any atom is -0.398 e. The summed E-state index contributed by atoms with van der Waals surface area (Å²) < 4.78 is 13.8. The number of benzene rings is 2. The first kappa shape index (κ1) is 13.7. The maximum Gasteiger partial charge on any atom is 0.169 e.